The molecular formula is C10H10FNO4. The lowest BCUT2D eigenvalue weighted by Crippen LogP contribution is -2.13. The van der Waals surface area contributed by atoms with Crippen LogP contribution in [-0.2, 0) is 11.2 Å². The Bertz CT molecular complexity index is 433. The van der Waals surface area contributed by atoms with Gasteiger partial charge in [0.15, 0.2) is 0 Å². The maximum atomic E-state index is 13.2. The number of nitro groups is 1. The van der Waals surface area contributed by atoms with Gasteiger partial charge in [-0.1, -0.05) is 6.92 Å². The second-order valence-corrected chi connectivity index (χ2v) is 3.48. The van der Waals surface area contributed by atoms with Gasteiger partial charge in [-0.3, -0.25) is 14.9 Å². The van der Waals surface area contributed by atoms with E-state index in [1.807, 2.05) is 0 Å². The molecule has 1 atom stereocenters. The monoisotopic (exact) mass is 227 g/mol. The van der Waals surface area contributed by atoms with Gasteiger partial charge in [0.25, 0.3) is 5.69 Å². The summed E-state index contributed by atoms with van der Waals surface area (Å²) in [6, 6.07) is 3.08. The number of nitro benzene ring substituents is 1. The minimum atomic E-state index is -1.06. The number of carboxylic acid groups (broad SMARTS) is 1. The SMILES string of the molecule is CC(Cc1cc([N+](=O)[O-])ccc1F)C(=O)O. The van der Waals surface area contributed by atoms with E-state index < -0.39 is 22.6 Å². The van der Waals surface area contributed by atoms with E-state index in [0.717, 1.165) is 18.2 Å². The Kier molecular flexibility index (Phi) is 3.55. The van der Waals surface area contributed by atoms with Gasteiger partial charge in [0, 0.05) is 12.1 Å². The van der Waals surface area contributed by atoms with Crippen molar-refractivity contribution in [3.05, 3.63) is 39.7 Å². The summed E-state index contributed by atoms with van der Waals surface area (Å²) in [7, 11) is 0. The van der Waals surface area contributed by atoms with Crippen LogP contribution in [0.2, 0.25) is 0 Å². The molecule has 0 radical (unpaired) electrons. The predicted molar refractivity (Wildman–Crippen MR) is 53.6 cm³/mol. The highest BCUT2D eigenvalue weighted by molar-refractivity contribution is 5.70. The molecule has 0 spiro atoms. The second-order valence-electron chi connectivity index (χ2n) is 3.48. The van der Waals surface area contributed by atoms with E-state index in [0.29, 0.717) is 0 Å². The van der Waals surface area contributed by atoms with E-state index in [2.05, 4.69) is 0 Å². The Hall–Kier alpha value is -1.98. The molecule has 0 aliphatic carbocycles. The first-order valence-electron chi connectivity index (χ1n) is 4.57. The number of carboxylic acids is 1. The lowest BCUT2D eigenvalue weighted by Gasteiger charge is -2.06. The van der Waals surface area contributed by atoms with Gasteiger partial charge in [-0.2, -0.15) is 0 Å². The van der Waals surface area contributed by atoms with Crippen molar-refractivity contribution < 1.29 is 19.2 Å². The molecule has 1 N–H and O–H groups in total. The first-order valence-corrected chi connectivity index (χ1v) is 4.57. The average Bonchev–Trinajstić information content (AvgIpc) is 2.20. The number of rotatable bonds is 4. The molecule has 1 rings (SSSR count). The van der Waals surface area contributed by atoms with Crippen LogP contribution >= 0.6 is 0 Å². The van der Waals surface area contributed by atoms with Crippen LogP contribution in [-0.4, -0.2) is 16.0 Å². The Morgan fingerprint density at radius 2 is 2.25 bits per heavy atom. The zero-order chi connectivity index (χ0) is 12.3. The summed E-state index contributed by atoms with van der Waals surface area (Å²) < 4.78 is 13.2. The Morgan fingerprint density at radius 1 is 1.62 bits per heavy atom. The van der Waals surface area contributed by atoms with Crippen molar-refractivity contribution in [2.45, 2.75) is 13.3 Å². The van der Waals surface area contributed by atoms with Gasteiger partial charge in [-0.25, -0.2) is 4.39 Å². The van der Waals surface area contributed by atoms with Crippen molar-refractivity contribution in [2.75, 3.05) is 0 Å². The quantitative estimate of drug-likeness (QED) is 0.630. The third-order valence-electron chi connectivity index (χ3n) is 2.19. The van der Waals surface area contributed by atoms with Gasteiger partial charge >= 0.3 is 5.97 Å². The molecular weight excluding hydrogens is 217 g/mol. The molecule has 0 aliphatic rings. The zero-order valence-electron chi connectivity index (χ0n) is 8.51. The summed E-state index contributed by atoms with van der Waals surface area (Å²) in [5, 5.41) is 19.1. The highest BCUT2D eigenvalue weighted by atomic mass is 19.1. The van der Waals surface area contributed by atoms with Crippen molar-refractivity contribution in [2.24, 2.45) is 5.92 Å². The largest absolute Gasteiger partial charge is 0.481 e. The van der Waals surface area contributed by atoms with Gasteiger partial charge in [0.2, 0.25) is 0 Å². The van der Waals surface area contributed by atoms with Gasteiger partial charge in [0.1, 0.15) is 5.82 Å². The molecule has 0 bridgehead atoms. The summed E-state index contributed by atoms with van der Waals surface area (Å²) in [4.78, 5) is 20.4. The van der Waals surface area contributed by atoms with E-state index in [9.17, 15) is 19.3 Å². The van der Waals surface area contributed by atoms with Crippen molar-refractivity contribution >= 4 is 11.7 Å². The van der Waals surface area contributed by atoms with Gasteiger partial charge in [-0.15, -0.1) is 0 Å². The first-order chi connectivity index (χ1) is 7.41. The number of benzene rings is 1. The van der Waals surface area contributed by atoms with E-state index in [4.69, 9.17) is 5.11 Å². The number of hydrogen-bond donors (Lipinski definition) is 1. The van der Waals surface area contributed by atoms with Crippen LogP contribution in [0.25, 0.3) is 0 Å². The fraction of sp³-hybridized carbons (Fsp3) is 0.300. The van der Waals surface area contributed by atoms with Crippen LogP contribution in [0.3, 0.4) is 0 Å². The number of halogens is 1. The van der Waals surface area contributed by atoms with Gasteiger partial charge < -0.3 is 5.11 Å². The van der Waals surface area contributed by atoms with Crippen molar-refractivity contribution in [1.29, 1.82) is 0 Å². The van der Waals surface area contributed by atoms with Crippen molar-refractivity contribution in [3.63, 3.8) is 0 Å². The second kappa shape index (κ2) is 4.69. The standard InChI is InChI=1S/C10H10FNO4/c1-6(10(13)14)4-7-5-8(12(15)16)2-3-9(7)11/h2-3,5-6H,4H2,1H3,(H,13,14). The van der Waals surface area contributed by atoms with Crippen LogP contribution < -0.4 is 0 Å². The minimum absolute atomic E-state index is 0.0455. The molecule has 1 aromatic carbocycles. The number of nitrogens with zero attached hydrogens (tertiary/aromatic N) is 1. The first kappa shape index (κ1) is 12.1. The average molecular weight is 227 g/mol. The van der Waals surface area contributed by atoms with Crippen LogP contribution in [0.15, 0.2) is 18.2 Å². The molecule has 1 aromatic rings. The topological polar surface area (TPSA) is 80.4 Å². The van der Waals surface area contributed by atoms with E-state index >= 15 is 0 Å². The number of carbonyl (C=O) groups is 1. The third kappa shape index (κ3) is 2.75. The fourth-order valence-corrected chi connectivity index (χ4v) is 1.25. The molecule has 6 heteroatoms. The summed E-state index contributed by atoms with van der Waals surface area (Å²) in [6.07, 6.45) is -0.0666. The van der Waals surface area contributed by atoms with E-state index in [-0.39, 0.29) is 17.7 Å². The molecule has 86 valence electrons. The predicted octanol–water partition coefficient (Wildman–Crippen LogP) is 2.00. The lowest BCUT2D eigenvalue weighted by molar-refractivity contribution is -0.385. The Balaban J connectivity index is 2.98. The highest BCUT2D eigenvalue weighted by Gasteiger charge is 2.17. The molecule has 0 saturated heterocycles. The maximum Gasteiger partial charge on any atom is 0.306 e. The lowest BCUT2D eigenvalue weighted by atomic mass is 10.0. The molecule has 0 aromatic heterocycles. The molecule has 0 fully saturated rings. The van der Waals surface area contributed by atoms with Crippen LogP contribution in [0, 0.1) is 21.8 Å². The smallest absolute Gasteiger partial charge is 0.306 e. The molecule has 1 unspecified atom stereocenters. The summed E-state index contributed by atoms with van der Waals surface area (Å²) in [6.45, 7) is 1.42. The van der Waals surface area contributed by atoms with Crippen LogP contribution in [0.5, 0.6) is 0 Å². The maximum absolute atomic E-state index is 13.2. The highest BCUT2D eigenvalue weighted by Crippen LogP contribution is 2.19. The van der Waals surface area contributed by atoms with Gasteiger partial charge in [0.05, 0.1) is 10.8 Å². The van der Waals surface area contributed by atoms with Crippen LogP contribution in [0.1, 0.15) is 12.5 Å². The summed E-state index contributed by atoms with van der Waals surface area (Å²) in [5.74, 6) is -2.47. The normalized spacial score (nSPS) is 12.1. The molecule has 16 heavy (non-hydrogen) atoms. The fourth-order valence-electron chi connectivity index (χ4n) is 1.25. The molecule has 0 saturated carbocycles. The Morgan fingerprint density at radius 3 is 2.75 bits per heavy atom. The minimum Gasteiger partial charge on any atom is -0.481 e. The number of aliphatic carboxylic acids is 1. The van der Waals surface area contributed by atoms with Crippen molar-refractivity contribution in [1.82, 2.24) is 0 Å². The Labute approximate surface area is 90.7 Å². The molecule has 0 amide bonds. The molecule has 0 heterocycles. The van der Waals surface area contributed by atoms with Crippen molar-refractivity contribution in [3.8, 4) is 0 Å². The number of non-ortho nitro benzene ring substituents is 1. The van der Waals surface area contributed by atoms with Gasteiger partial charge in [-0.05, 0) is 18.1 Å². The van der Waals surface area contributed by atoms with Crippen LogP contribution in [0.4, 0.5) is 10.1 Å². The van der Waals surface area contributed by atoms with E-state index in [1.54, 1.807) is 0 Å². The summed E-state index contributed by atoms with van der Waals surface area (Å²) >= 11 is 0. The van der Waals surface area contributed by atoms with E-state index in [1.165, 1.54) is 6.92 Å². The number of hydrogen-bond acceptors (Lipinski definition) is 3. The molecule has 0 aliphatic heterocycles. The molecule has 5 nitrogen and oxygen atoms in total. The zero-order valence-corrected chi connectivity index (χ0v) is 8.51. The summed E-state index contributed by atoms with van der Waals surface area (Å²) in [5.41, 5.74) is -0.196. The third-order valence-corrected chi connectivity index (χ3v) is 2.19.